The highest BCUT2D eigenvalue weighted by atomic mass is 16.5. The van der Waals surface area contributed by atoms with E-state index in [1.807, 2.05) is 58.3 Å². The number of rotatable bonds is 8. The van der Waals surface area contributed by atoms with Gasteiger partial charge < -0.3 is 20.3 Å². The van der Waals surface area contributed by atoms with Crippen LogP contribution in [0.15, 0.2) is 36.7 Å². The van der Waals surface area contributed by atoms with Crippen LogP contribution >= 0.6 is 0 Å². The van der Waals surface area contributed by atoms with Crippen LogP contribution in [0.1, 0.15) is 13.8 Å². The first kappa shape index (κ1) is 17.0. The quantitative estimate of drug-likeness (QED) is 0.781. The van der Waals surface area contributed by atoms with E-state index in [4.69, 9.17) is 4.74 Å². The second kappa shape index (κ2) is 8.33. The zero-order chi connectivity index (χ0) is 16.7. The Morgan fingerprint density at radius 2 is 1.78 bits per heavy atom. The summed E-state index contributed by atoms with van der Waals surface area (Å²) in [4.78, 5) is 10.6. The van der Waals surface area contributed by atoms with Crippen LogP contribution in [0.3, 0.4) is 0 Å². The van der Waals surface area contributed by atoms with Crippen LogP contribution < -0.4 is 15.4 Å². The van der Waals surface area contributed by atoms with Crippen molar-refractivity contribution in [3.05, 3.63) is 36.7 Å². The summed E-state index contributed by atoms with van der Waals surface area (Å²) in [5, 5.41) is 6.55. The van der Waals surface area contributed by atoms with E-state index in [0.717, 1.165) is 36.2 Å². The van der Waals surface area contributed by atoms with Crippen LogP contribution in [-0.2, 0) is 0 Å². The number of nitrogens with one attached hydrogen (secondary N) is 2. The van der Waals surface area contributed by atoms with E-state index < -0.39 is 0 Å². The van der Waals surface area contributed by atoms with E-state index in [1.54, 1.807) is 6.33 Å². The lowest BCUT2D eigenvalue weighted by molar-refractivity contribution is 0.242. The van der Waals surface area contributed by atoms with Gasteiger partial charge in [0.1, 0.15) is 23.7 Å². The van der Waals surface area contributed by atoms with Crippen LogP contribution in [0, 0.1) is 0 Å². The molecule has 0 aliphatic carbocycles. The van der Waals surface area contributed by atoms with Gasteiger partial charge in [0, 0.05) is 24.8 Å². The van der Waals surface area contributed by atoms with Gasteiger partial charge in [-0.15, -0.1) is 0 Å². The minimum Gasteiger partial charge on any atom is -0.491 e. The number of hydrogen-bond acceptors (Lipinski definition) is 6. The van der Waals surface area contributed by atoms with Crippen molar-refractivity contribution in [2.24, 2.45) is 0 Å². The van der Waals surface area contributed by atoms with Crippen molar-refractivity contribution in [3.63, 3.8) is 0 Å². The first-order valence-corrected chi connectivity index (χ1v) is 7.77. The molecule has 0 bridgehead atoms. The molecular weight excluding hydrogens is 290 g/mol. The second-order valence-corrected chi connectivity index (χ2v) is 5.83. The van der Waals surface area contributed by atoms with Crippen molar-refractivity contribution in [2.45, 2.75) is 20.0 Å². The molecule has 0 saturated heterocycles. The monoisotopic (exact) mass is 315 g/mol. The molecule has 1 heterocycles. The van der Waals surface area contributed by atoms with E-state index in [1.165, 1.54) is 0 Å². The molecule has 1 aromatic carbocycles. The Morgan fingerprint density at radius 1 is 1.09 bits per heavy atom. The molecule has 2 rings (SSSR count). The average molecular weight is 315 g/mol. The molecule has 6 nitrogen and oxygen atoms in total. The fourth-order valence-electron chi connectivity index (χ4n) is 1.97. The molecular formula is C17H25N5O. The molecule has 1 aromatic heterocycles. The Morgan fingerprint density at radius 3 is 2.43 bits per heavy atom. The van der Waals surface area contributed by atoms with E-state index in [0.29, 0.717) is 0 Å². The maximum absolute atomic E-state index is 5.63. The number of likely N-dealkylation sites (N-methyl/N-ethyl adjacent to an activating group) is 1. The molecule has 0 fully saturated rings. The highest BCUT2D eigenvalue weighted by Crippen LogP contribution is 2.20. The molecule has 0 unspecified atom stereocenters. The Balaban J connectivity index is 1.94. The first-order chi connectivity index (χ1) is 11.0. The lowest BCUT2D eigenvalue weighted by Crippen LogP contribution is -2.21. The van der Waals surface area contributed by atoms with Crippen molar-refractivity contribution in [1.29, 1.82) is 0 Å². The Labute approximate surface area is 137 Å². The van der Waals surface area contributed by atoms with Gasteiger partial charge in [-0.05, 0) is 52.2 Å². The number of anilines is 3. The molecule has 0 spiro atoms. The molecule has 124 valence electrons. The highest BCUT2D eigenvalue weighted by molar-refractivity contribution is 5.59. The van der Waals surface area contributed by atoms with Gasteiger partial charge in [0.25, 0.3) is 0 Å². The summed E-state index contributed by atoms with van der Waals surface area (Å²) in [7, 11) is 4.09. The second-order valence-electron chi connectivity index (χ2n) is 5.83. The molecule has 2 aromatic rings. The van der Waals surface area contributed by atoms with Crippen LogP contribution in [-0.4, -0.2) is 48.2 Å². The molecule has 2 N–H and O–H groups in total. The van der Waals surface area contributed by atoms with Crippen LogP contribution in [0.4, 0.5) is 17.3 Å². The van der Waals surface area contributed by atoms with Crippen molar-refractivity contribution < 1.29 is 4.74 Å². The summed E-state index contributed by atoms with van der Waals surface area (Å²) in [6, 6.07) is 9.73. The van der Waals surface area contributed by atoms with Gasteiger partial charge >= 0.3 is 0 Å². The van der Waals surface area contributed by atoms with Crippen molar-refractivity contribution in [3.8, 4) is 5.75 Å². The molecule has 23 heavy (non-hydrogen) atoms. The van der Waals surface area contributed by atoms with E-state index in [-0.39, 0.29) is 6.10 Å². The lowest BCUT2D eigenvalue weighted by atomic mass is 10.3. The summed E-state index contributed by atoms with van der Waals surface area (Å²) in [5.41, 5.74) is 0.957. The van der Waals surface area contributed by atoms with Crippen molar-refractivity contribution in [1.82, 2.24) is 14.9 Å². The maximum Gasteiger partial charge on any atom is 0.135 e. The van der Waals surface area contributed by atoms with Crippen LogP contribution in [0.5, 0.6) is 5.75 Å². The third-order valence-electron chi connectivity index (χ3n) is 3.03. The zero-order valence-electron chi connectivity index (χ0n) is 14.2. The third kappa shape index (κ3) is 6.12. The summed E-state index contributed by atoms with van der Waals surface area (Å²) in [5.74, 6) is 2.42. The molecule has 0 atom stereocenters. The highest BCUT2D eigenvalue weighted by Gasteiger charge is 2.01. The Kier molecular flexibility index (Phi) is 6.17. The van der Waals surface area contributed by atoms with Crippen LogP contribution in [0.2, 0.25) is 0 Å². The zero-order valence-corrected chi connectivity index (χ0v) is 14.2. The predicted molar refractivity (Wildman–Crippen MR) is 94.6 cm³/mol. The fourth-order valence-corrected chi connectivity index (χ4v) is 1.97. The predicted octanol–water partition coefficient (Wildman–Crippen LogP) is 2.98. The van der Waals surface area contributed by atoms with Gasteiger partial charge in [-0.25, -0.2) is 9.97 Å². The standard InChI is InChI=1S/C17H25N5O/c1-13(2)23-15-7-5-14(6-8-15)21-17-11-16(19-12-20-17)18-9-10-22(3)4/h5-8,11-13H,9-10H2,1-4H3,(H2,18,19,20,21). The summed E-state index contributed by atoms with van der Waals surface area (Å²) in [6.45, 7) is 5.81. The van der Waals surface area contributed by atoms with Crippen molar-refractivity contribution >= 4 is 17.3 Å². The smallest absolute Gasteiger partial charge is 0.135 e. The molecule has 0 radical (unpaired) electrons. The number of benzene rings is 1. The number of ether oxygens (including phenoxy) is 1. The molecule has 0 aliphatic rings. The van der Waals surface area contributed by atoms with E-state index in [2.05, 4.69) is 25.5 Å². The van der Waals surface area contributed by atoms with Gasteiger partial charge in [-0.2, -0.15) is 0 Å². The van der Waals surface area contributed by atoms with Crippen molar-refractivity contribution in [2.75, 3.05) is 37.8 Å². The van der Waals surface area contributed by atoms with Gasteiger partial charge in [0.2, 0.25) is 0 Å². The molecule has 6 heteroatoms. The van der Waals surface area contributed by atoms with Gasteiger partial charge in [0.15, 0.2) is 0 Å². The van der Waals surface area contributed by atoms with E-state index >= 15 is 0 Å². The summed E-state index contributed by atoms with van der Waals surface area (Å²) < 4.78 is 5.63. The van der Waals surface area contributed by atoms with Crippen LogP contribution in [0.25, 0.3) is 0 Å². The number of nitrogens with zero attached hydrogens (tertiary/aromatic N) is 3. The summed E-state index contributed by atoms with van der Waals surface area (Å²) >= 11 is 0. The molecule has 0 aliphatic heterocycles. The normalized spacial score (nSPS) is 10.9. The van der Waals surface area contributed by atoms with Gasteiger partial charge in [0.05, 0.1) is 6.10 Å². The topological polar surface area (TPSA) is 62.3 Å². The largest absolute Gasteiger partial charge is 0.491 e. The number of hydrogen-bond donors (Lipinski definition) is 2. The first-order valence-electron chi connectivity index (χ1n) is 7.77. The average Bonchev–Trinajstić information content (AvgIpc) is 2.49. The Hall–Kier alpha value is -2.34. The maximum atomic E-state index is 5.63. The lowest BCUT2D eigenvalue weighted by Gasteiger charge is -2.12. The third-order valence-corrected chi connectivity index (χ3v) is 3.03. The minimum absolute atomic E-state index is 0.173. The van der Waals surface area contributed by atoms with E-state index in [9.17, 15) is 0 Å². The van der Waals surface area contributed by atoms with Gasteiger partial charge in [-0.1, -0.05) is 0 Å². The minimum atomic E-state index is 0.173. The van der Waals surface area contributed by atoms with Gasteiger partial charge in [-0.3, -0.25) is 0 Å². The Bertz CT molecular complexity index is 598. The summed E-state index contributed by atoms with van der Waals surface area (Å²) in [6.07, 6.45) is 1.72. The fraction of sp³-hybridized carbons (Fsp3) is 0.412. The molecule has 0 amide bonds. The SMILES string of the molecule is CC(C)Oc1ccc(Nc2cc(NCCN(C)C)ncn2)cc1. The number of aromatic nitrogens is 2. The molecule has 0 saturated carbocycles.